The number of aliphatic hydroxyl groups is 1. The highest BCUT2D eigenvalue weighted by atomic mass is 16.4. The van der Waals surface area contributed by atoms with Crippen LogP contribution in [0.15, 0.2) is 48.5 Å². The maximum Gasteiger partial charge on any atom is 0.336 e. The minimum atomic E-state index is -2.74. The van der Waals surface area contributed by atoms with Crippen molar-refractivity contribution in [3.63, 3.8) is 0 Å². The van der Waals surface area contributed by atoms with E-state index in [9.17, 15) is 24.0 Å². The molecule has 12 heteroatoms. The number of rotatable bonds is 9. The fraction of sp³-hybridized carbons (Fsp3) is 0.485. The van der Waals surface area contributed by atoms with Gasteiger partial charge in [0.25, 0.3) is 0 Å². The van der Waals surface area contributed by atoms with E-state index in [0.717, 1.165) is 30.9 Å². The molecule has 5 rings (SSSR count). The molecule has 1 aliphatic carbocycles. The fourth-order valence-electron chi connectivity index (χ4n) is 6.77. The molecule has 0 bridgehead atoms. The summed E-state index contributed by atoms with van der Waals surface area (Å²) in [5.74, 6) is -4.97. The largest absolute Gasteiger partial charge is 0.481 e. The van der Waals surface area contributed by atoms with Crippen LogP contribution in [0.4, 0.5) is 5.69 Å². The second-order valence-corrected chi connectivity index (χ2v) is 12.4. The molecule has 1 fully saturated rings. The van der Waals surface area contributed by atoms with Crippen LogP contribution in [0.2, 0.25) is 0 Å². The highest BCUT2D eigenvalue weighted by molar-refractivity contribution is 6.03. The Morgan fingerprint density at radius 1 is 0.867 bits per heavy atom. The number of benzene rings is 2. The van der Waals surface area contributed by atoms with Gasteiger partial charge in [-0.1, -0.05) is 42.5 Å². The molecule has 2 amide bonds. The number of fused-ring (bicyclic) bond motifs is 3. The molecule has 2 aromatic rings. The number of hydrogen-bond acceptors (Lipinski definition) is 7. The molecule has 3 aliphatic rings. The summed E-state index contributed by atoms with van der Waals surface area (Å²) >= 11 is 0. The zero-order valence-electron chi connectivity index (χ0n) is 25.6. The van der Waals surface area contributed by atoms with Gasteiger partial charge in [0, 0.05) is 39.2 Å². The van der Waals surface area contributed by atoms with E-state index in [1.54, 1.807) is 29.5 Å². The van der Waals surface area contributed by atoms with E-state index in [1.807, 2.05) is 24.3 Å². The third-order valence-electron chi connectivity index (χ3n) is 9.17. The predicted molar refractivity (Wildman–Crippen MR) is 164 cm³/mol. The van der Waals surface area contributed by atoms with Crippen LogP contribution in [0, 0.1) is 0 Å². The lowest BCUT2D eigenvalue weighted by Crippen LogP contribution is -2.48. The number of nitrogens with zero attached hydrogens (tertiary/aromatic N) is 3. The molecule has 0 aromatic heterocycles. The summed E-state index contributed by atoms with van der Waals surface area (Å²) in [5.41, 5.74) is 2.68. The summed E-state index contributed by atoms with van der Waals surface area (Å²) in [6.07, 6.45) is 3.57. The number of aryl methyl sites for hydroxylation is 1. The number of carboxylic acids is 3. The molecule has 2 aliphatic heterocycles. The molecule has 0 unspecified atom stereocenters. The Morgan fingerprint density at radius 2 is 1.44 bits per heavy atom. The molecule has 0 saturated carbocycles. The molecule has 0 radical (unpaired) electrons. The van der Waals surface area contributed by atoms with E-state index in [1.165, 1.54) is 31.2 Å². The van der Waals surface area contributed by atoms with Crippen molar-refractivity contribution in [2.45, 2.75) is 68.4 Å². The Morgan fingerprint density at radius 3 is 2.02 bits per heavy atom. The van der Waals surface area contributed by atoms with Crippen LogP contribution >= 0.6 is 0 Å². The lowest BCUT2D eigenvalue weighted by molar-refractivity contribution is -0.170. The Bertz CT molecular complexity index is 1430. The third kappa shape index (κ3) is 7.51. The average Bonchev–Trinajstić information content (AvgIpc) is 3.55. The zero-order chi connectivity index (χ0) is 32.9. The molecule has 242 valence electrons. The Balaban J connectivity index is 0.000000302. The van der Waals surface area contributed by atoms with Gasteiger partial charge in [0.1, 0.15) is 6.04 Å². The summed E-state index contributed by atoms with van der Waals surface area (Å²) in [4.78, 5) is 62.4. The van der Waals surface area contributed by atoms with E-state index in [-0.39, 0.29) is 11.8 Å². The molecule has 1 spiro atoms. The van der Waals surface area contributed by atoms with Crippen molar-refractivity contribution < 1.29 is 44.4 Å². The van der Waals surface area contributed by atoms with Gasteiger partial charge in [-0.3, -0.25) is 24.1 Å². The SMILES string of the molecule is CN(C)C(=O)[C@@H]1Cc2ccccc2N1C(=O)CCN1CCC2(CCc3ccccc32)CC1.O=C(O)CC(O)(CC(=O)O)C(=O)O. The van der Waals surface area contributed by atoms with E-state index in [0.29, 0.717) is 18.3 Å². The van der Waals surface area contributed by atoms with Gasteiger partial charge in [-0.2, -0.15) is 0 Å². The number of anilines is 1. The molecule has 2 heterocycles. The van der Waals surface area contributed by atoms with E-state index < -0.39 is 42.4 Å². The minimum absolute atomic E-state index is 0.00522. The maximum absolute atomic E-state index is 13.3. The van der Waals surface area contributed by atoms with Crippen molar-refractivity contribution in [1.82, 2.24) is 9.80 Å². The molecule has 1 atom stereocenters. The number of likely N-dealkylation sites (tertiary alicyclic amines) is 1. The lowest BCUT2D eigenvalue weighted by Gasteiger charge is -2.40. The van der Waals surface area contributed by atoms with Crippen LogP contribution in [0.25, 0.3) is 0 Å². The normalized spacial score (nSPS) is 18.4. The summed E-state index contributed by atoms with van der Waals surface area (Å²) in [6, 6.07) is 16.5. The quantitative estimate of drug-likeness (QED) is 0.324. The van der Waals surface area contributed by atoms with Gasteiger partial charge in [0.15, 0.2) is 5.60 Å². The van der Waals surface area contributed by atoms with Crippen LogP contribution in [0.3, 0.4) is 0 Å². The topological polar surface area (TPSA) is 176 Å². The van der Waals surface area contributed by atoms with Crippen LogP contribution in [0.5, 0.6) is 0 Å². The van der Waals surface area contributed by atoms with E-state index in [2.05, 4.69) is 29.2 Å². The number of likely N-dealkylation sites (N-methyl/N-ethyl adjacent to an activating group) is 1. The first-order valence-electron chi connectivity index (χ1n) is 15.1. The van der Waals surface area contributed by atoms with Gasteiger partial charge < -0.3 is 30.2 Å². The number of para-hydroxylation sites is 1. The smallest absolute Gasteiger partial charge is 0.336 e. The summed E-state index contributed by atoms with van der Waals surface area (Å²) in [7, 11) is 3.53. The van der Waals surface area contributed by atoms with Gasteiger partial charge in [0.05, 0.1) is 12.8 Å². The van der Waals surface area contributed by atoms with Gasteiger partial charge in [0.2, 0.25) is 11.8 Å². The van der Waals surface area contributed by atoms with Crippen LogP contribution < -0.4 is 4.90 Å². The van der Waals surface area contributed by atoms with Crippen molar-refractivity contribution in [1.29, 1.82) is 0 Å². The number of piperidine rings is 1. The van der Waals surface area contributed by atoms with E-state index >= 15 is 0 Å². The molecular weight excluding hydrogens is 582 g/mol. The number of hydrogen-bond donors (Lipinski definition) is 4. The Kier molecular flexibility index (Phi) is 10.3. The van der Waals surface area contributed by atoms with Crippen LogP contribution in [-0.2, 0) is 42.2 Å². The molecule has 12 nitrogen and oxygen atoms in total. The first-order valence-corrected chi connectivity index (χ1v) is 15.1. The van der Waals surface area contributed by atoms with Crippen molar-refractivity contribution >= 4 is 35.4 Å². The minimum Gasteiger partial charge on any atom is -0.481 e. The molecular formula is C33H41N3O9. The van der Waals surface area contributed by atoms with Gasteiger partial charge in [-0.05, 0) is 66.9 Å². The number of amides is 2. The van der Waals surface area contributed by atoms with Crippen molar-refractivity contribution in [3.05, 3.63) is 65.2 Å². The third-order valence-corrected chi connectivity index (χ3v) is 9.17. The van der Waals surface area contributed by atoms with Gasteiger partial charge >= 0.3 is 17.9 Å². The first-order chi connectivity index (χ1) is 21.3. The van der Waals surface area contributed by atoms with Crippen molar-refractivity contribution in [2.75, 3.05) is 38.6 Å². The fourth-order valence-corrected chi connectivity index (χ4v) is 6.77. The monoisotopic (exact) mass is 623 g/mol. The number of aliphatic carboxylic acids is 3. The van der Waals surface area contributed by atoms with Crippen molar-refractivity contribution in [2.24, 2.45) is 0 Å². The maximum atomic E-state index is 13.3. The zero-order valence-corrected chi connectivity index (χ0v) is 25.6. The predicted octanol–water partition coefficient (Wildman–Crippen LogP) is 2.15. The Hall–Kier alpha value is -4.29. The number of carbonyl (C=O) groups is 5. The second-order valence-electron chi connectivity index (χ2n) is 12.4. The van der Waals surface area contributed by atoms with Crippen LogP contribution in [0.1, 0.15) is 55.2 Å². The highest BCUT2D eigenvalue weighted by Gasteiger charge is 2.42. The molecule has 45 heavy (non-hydrogen) atoms. The average molecular weight is 624 g/mol. The Labute approximate surface area is 261 Å². The standard InChI is InChI=1S/C27H33N3O2.C6H8O7/c1-28(2)26(32)24-19-21-8-4-6-10-23(21)30(24)25(31)12-16-29-17-14-27(15-18-29)13-11-20-7-3-5-9-22(20)27;7-3(8)1-6(13,5(11)12)2-4(9)10/h3-10,24H,11-19H2,1-2H3;13H,1-2H2,(H,7,8)(H,9,10)(H,11,12)/t24-;/m0./s1. The van der Waals surface area contributed by atoms with Crippen molar-refractivity contribution in [3.8, 4) is 0 Å². The van der Waals surface area contributed by atoms with E-state index in [4.69, 9.17) is 20.4 Å². The summed E-state index contributed by atoms with van der Waals surface area (Å²) < 4.78 is 0. The van der Waals surface area contributed by atoms with Gasteiger partial charge in [-0.15, -0.1) is 0 Å². The summed E-state index contributed by atoms with van der Waals surface area (Å²) in [6.45, 7) is 2.84. The highest BCUT2D eigenvalue weighted by Crippen LogP contribution is 2.46. The second kappa shape index (κ2) is 13.8. The first kappa shape index (κ1) is 33.6. The summed E-state index contributed by atoms with van der Waals surface area (Å²) in [5, 5.41) is 33.8. The lowest BCUT2D eigenvalue weighted by atomic mass is 9.74. The molecule has 2 aromatic carbocycles. The van der Waals surface area contributed by atoms with Crippen LogP contribution in [-0.4, -0.2) is 105 Å². The number of carbonyl (C=O) groups excluding carboxylic acids is 2. The molecule has 1 saturated heterocycles. The molecule has 4 N–H and O–H groups in total. The van der Waals surface area contributed by atoms with Gasteiger partial charge in [-0.25, -0.2) is 4.79 Å². The number of carboxylic acid groups (broad SMARTS) is 3.